The molecular formula is C27H37ClN2O2. The molecule has 0 amide bonds. The number of rotatable bonds is 8. The zero-order valence-corrected chi connectivity index (χ0v) is 20.1. The molecule has 174 valence electrons. The van der Waals surface area contributed by atoms with E-state index in [1.54, 1.807) is 7.11 Å². The van der Waals surface area contributed by atoms with Crippen molar-refractivity contribution in [1.29, 1.82) is 0 Å². The van der Waals surface area contributed by atoms with Gasteiger partial charge in [0.25, 0.3) is 0 Å². The second-order valence-electron chi connectivity index (χ2n) is 9.53. The molecule has 2 fully saturated rings. The van der Waals surface area contributed by atoms with Crippen LogP contribution in [-0.4, -0.2) is 60.3 Å². The van der Waals surface area contributed by atoms with Crippen LogP contribution in [0.4, 0.5) is 0 Å². The van der Waals surface area contributed by atoms with E-state index < -0.39 is 5.60 Å². The lowest BCUT2D eigenvalue weighted by atomic mass is 9.71. The van der Waals surface area contributed by atoms with Gasteiger partial charge in [0.15, 0.2) is 0 Å². The third-order valence-electron chi connectivity index (χ3n) is 7.38. The number of piperazine rings is 1. The molecule has 1 aliphatic carbocycles. The molecule has 4 rings (SSSR count). The van der Waals surface area contributed by atoms with Gasteiger partial charge in [0, 0.05) is 43.7 Å². The van der Waals surface area contributed by atoms with Crippen LogP contribution in [0.5, 0.6) is 5.75 Å². The average molecular weight is 457 g/mol. The Kier molecular flexibility index (Phi) is 8.12. The van der Waals surface area contributed by atoms with Crippen molar-refractivity contribution >= 4 is 11.6 Å². The van der Waals surface area contributed by atoms with Gasteiger partial charge < -0.3 is 14.7 Å². The summed E-state index contributed by atoms with van der Waals surface area (Å²) in [6.07, 6.45) is 6.29. The Balaban J connectivity index is 1.35. The van der Waals surface area contributed by atoms with Crippen LogP contribution in [0.1, 0.15) is 55.6 Å². The van der Waals surface area contributed by atoms with Crippen molar-refractivity contribution in [3.8, 4) is 5.75 Å². The minimum absolute atomic E-state index is 0.157. The number of halogens is 1. The third-order valence-corrected chi connectivity index (χ3v) is 7.63. The molecule has 2 aliphatic rings. The molecule has 0 bridgehead atoms. The lowest BCUT2D eigenvalue weighted by molar-refractivity contribution is -0.0273. The number of hydrogen-bond acceptors (Lipinski definition) is 4. The van der Waals surface area contributed by atoms with Gasteiger partial charge in [-0.1, -0.05) is 55.1 Å². The molecule has 2 aromatic rings. The molecule has 1 heterocycles. The zero-order valence-electron chi connectivity index (χ0n) is 19.3. The van der Waals surface area contributed by atoms with Crippen molar-refractivity contribution in [2.45, 2.75) is 56.6 Å². The normalized spacial score (nSPS) is 20.7. The molecule has 1 unspecified atom stereocenters. The van der Waals surface area contributed by atoms with Crippen LogP contribution in [-0.2, 0) is 6.54 Å². The Morgan fingerprint density at radius 2 is 1.66 bits per heavy atom. The first kappa shape index (κ1) is 23.6. The molecule has 1 saturated carbocycles. The van der Waals surface area contributed by atoms with Crippen molar-refractivity contribution < 1.29 is 9.84 Å². The summed E-state index contributed by atoms with van der Waals surface area (Å²) in [4.78, 5) is 5.09. The monoisotopic (exact) mass is 456 g/mol. The minimum atomic E-state index is -0.596. The summed E-state index contributed by atoms with van der Waals surface area (Å²) in [7, 11) is 1.72. The smallest absolute Gasteiger partial charge is 0.119 e. The molecule has 0 radical (unpaired) electrons. The molecule has 0 aromatic heterocycles. The zero-order chi connectivity index (χ0) is 22.4. The van der Waals surface area contributed by atoms with Gasteiger partial charge in [-0.2, -0.15) is 0 Å². The van der Waals surface area contributed by atoms with Crippen molar-refractivity contribution in [2.75, 3.05) is 39.8 Å². The summed E-state index contributed by atoms with van der Waals surface area (Å²) < 4.78 is 5.48. The van der Waals surface area contributed by atoms with Gasteiger partial charge in [-0.05, 0) is 61.2 Å². The Morgan fingerprint density at radius 3 is 2.34 bits per heavy atom. The highest BCUT2D eigenvalue weighted by molar-refractivity contribution is 6.30. The number of methoxy groups -OCH3 is 1. The fourth-order valence-electron chi connectivity index (χ4n) is 5.45. The van der Waals surface area contributed by atoms with Crippen LogP contribution in [0.15, 0.2) is 48.5 Å². The van der Waals surface area contributed by atoms with Crippen LogP contribution in [0.25, 0.3) is 0 Å². The van der Waals surface area contributed by atoms with Gasteiger partial charge in [0.05, 0.1) is 12.7 Å². The first-order valence-corrected chi connectivity index (χ1v) is 12.5. The van der Waals surface area contributed by atoms with Gasteiger partial charge in [-0.25, -0.2) is 0 Å². The number of nitrogens with zero attached hydrogens (tertiary/aromatic N) is 2. The standard InChI is InChI=1S/C27H37ClN2O2/c1-32-25-7-5-6-23(20-25)26(27(31)13-3-2-4-14-27)12-15-29-16-18-30(19-17-29)21-22-8-10-24(28)11-9-22/h5-11,20,26,31H,2-4,12-19,21H2,1H3. The van der Waals surface area contributed by atoms with Crippen LogP contribution < -0.4 is 4.74 Å². The summed E-state index contributed by atoms with van der Waals surface area (Å²) in [5.74, 6) is 1.03. The SMILES string of the molecule is COc1cccc(C(CCN2CCN(Cc3ccc(Cl)cc3)CC2)C2(O)CCCCC2)c1. The van der Waals surface area contributed by atoms with Crippen LogP contribution in [0, 0.1) is 0 Å². The quantitative estimate of drug-likeness (QED) is 0.582. The third kappa shape index (κ3) is 6.05. The number of ether oxygens (including phenoxy) is 1. The topological polar surface area (TPSA) is 35.9 Å². The van der Waals surface area contributed by atoms with E-state index in [0.29, 0.717) is 0 Å². The highest BCUT2D eigenvalue weighted by atomic mass is 35.5. The van der Waals surface area contributed by atoms with Gasteiger partial charge in [0.2, 0.25) is 0 Å². The second kappa shape index (κ2) is 11.0. The van der Waals surface area contributed by atoms with Gasteiger partial charge in [-0.3, -0.25) is 4.90 Å². The molecule has 1 aliphatic heterocycles. The van der Waals surface area contributed by atoms with Crippen molar-refractivity contribution in [3.05, 3.63) is 64.7 Å². The maximum atomic E-state index is 11.6. The second-order valence-corrected chi connectivity index (χ2v) is 9.96. The fourth-order valence-corrected chi connectivity index (χ4v) is 5.57. The number of hydrogen-bond donors (Lipinski definition) is 1. The highest BCUT2D eigenvalue weighted by Crippen LogP contribution is 2.42. The summed E-state index contributed by atoms with van der Waals surface area (Å²) >= 11 is 6.02. The van der Waals surface area contributed by atoms with Gasteiger partial charge in [0.1, 0.15) is 5.75 Å². The fraction of sp³-hybridized carbons (Fsp3) is 0.556. The molecule has 1 saturated heterocycles. The van der Waals surface area contributed by atoms with Crippen molar-refractivity contribution in [1.82, 2.24) is 9.80 Å². The van der Waals surface area contributed by atoms with E-state index in [-0.39, 0.29) is 5.92 Å². The van der Waals surface area contributed by atoms with Gasteiger partial charge in [-0.15, -0.1) is 0 Å². The molecule has 5 heteroatoms. The minimum Gasteiger partial charge on any atom is -0.497 e. The average Bonchev–Trinajstić information content (AvgIpc) is 2.82. The number of aliphatic hydroxyl groups is 1. The van der Waals surface area contributed by atoms with E-state index >= 15 is 0 Å². The molecule has 2 aromatic carbocycles. The highest BCUT2D eigenvalue weighted by Gasteiger charge is 2.38. The summed E-state index contributed by atoms with van der Waals surface area (Å²) in [6.45, 7) is 6.33. The van der Waals surface area contributed by atoms with E-state index in [9.17, 15) is 5.11 Å². The Morgan fingerprint density at radius 1 is 0.969 bits per heavy atom. The first-order chi connectivity index (χ1) is 15.6. The van der Waals surface area contributed by atoms with Crippen molar-refractivity contribution in [2.24, 2.45) is 0 Å². The van der Waals surface area contributed by atoms with E-state index in [1.165, 1.54) is 17.5 Å². The van der Waals surface area contributed by atoms with E-state index in [1.807, 2.05) is 18.2 Å². The Hall–Kier alpha value is -1.59. The molecule has 1 atom stereocenters. The van der Waals surface area contributed by atoms with Crippen molar-refractivity contribution in [3.63, 3.8) is 0 Å². The molecule has 32 heavy (non-hydrogen) atoms. The molecular weight excluding hydrogens is 420 g/mol. The van der Waals surface area contributed by atoms with Crippen LogP contribution in [0.3, 0.4) is 0 Å². The Bertz CT molecular complexity index is 843. The maximum absolute atomic E-state index is 11.6. The summed E-state index contributed by atoms with van der Waals surface area (Å²) in [5.41, 5.74) is 1.94. The first-order valence-electron chi connectivity index (χ1n) is 12.1. The maximum Gasteiger partial charge on any atom is 0.119 e. The summed E-state index contributed by atoms with van der Waals surface area (Å²) in [6, 6.07) is 16.5. The molecule has 1 N–H and O–H groups in total. The summed E-state index contributed by atoms with van der Waals surface area (Å²) in [5, 5.41) is 12.4. The van der Waals surface area contributed by atoms with E-state index in [4.69, 9.17) is 16.3 Å². The predicted molar refractivity (Wildman–Crippen MR) is 132 cm³/mol. The van der Waals surface area contributed by atoms with E-state index in [2.05, 4.69) is 40.1 Å². The molecule has 0 spiro atoms. The lowest BCUT2D eigenvalue weighted by Crippen LogP contribution is -2.47. The van der Waals surface area contributed by atoms with E-state index in [0.717, 1.165) is 82.1 Å². The van der Waals surface area contributed by atoms with Crippen LogP contribution in [0.2, 0.25) is 5.02 Å². The lowest BCUT2D eigenvalue weighted by Gasteiger charge is -2.41. The molecule has 4 nitrogen and oxygen atoms in total. The van der Waals surface area contributed by atoms with Gasteiger partial charge >= 0.3 is 0 Å². The number of benzene rings is 2. The van der Waals surface area contributed by atoms with Crippen LogP contribution >= 0.6 is 11.6 Å². The Labute approximate surface area is 198 Å². The predicted octanol–water partition coefficient (Wildman–Crippen LogP) is 5.34. The largest absolute Gasteiger partial charge is 0.497 e.